The van der Waals surface area contributed by atoms with Gasteiger partial charge in [0.2, 0.25) is 0 Å². The molecule has 0 radical (unpaired) electrons. The number of para-hydroxylation sites is 1. The Morgan fingerprint density at radius 3 is 2.58 bits per heavy atom. The highest BCUT2D eigenvalue weighted by atomic mass is 32.1. The van der Waals surface area contributed by atoms with Gasteiger partial charge in [-0.2, -0.15) is 10.2 Å². The average Bonchev–Trinajstić information content (AvgIpc) is 3.42. The summed E-state index contributed by atoms with van der Waals surface area (Å²) in [4.78, 5) is 13.7. The molecule has 7 heteroatoms. The Labute approximate surface area is 158 Å². The lowest BCUT2D eigenvalue weighted by Crippen LogP contribution is -2.16. The van der Waals surface area contributed by atoms with E-state index in [0.717, 1.165) is 21.8 Å². The van der Waals surface area contributed by atoms with E-state index in [1.807, 2.05) is 70.2 Å². The van der Waals surface area contributed by atoms with E-state index in [4.69, 9.17) is 5.10 Å². The molecule has 0 saturated heterocycles. The van der Waals surface area contributed by atoms with Crippen LogP contribution in [-0.4, -0.2) is 21.9 Å². The van der Waals surface area contributed by atoms with Crippen molar-refractivity contribution < 1.29 is 4.79 Å². The van der Waals surface area contributed by atoms with Crippen LogP contribution in [0.15, 0.2) is 76.7 Å². The number of nitrogens with zero attached hydrogens (tertiary/aromatic N) is 3. The fourth-order valence-electron chi connectivity index (χ4n) is 2.42. The molecule has 3 heterocycles. The molecule has 128 valence electrons. The first-order valence-corrected chi connectivity index (χ1v) is 9.63. The highest BCUT2D eigenvalue weighted by Gasteiger charge is 2.12. The Bertz CT molecular complexity index is 1020. The first-order chi connectivity index (χ1) is 12.8. The van der Waals surface area contributed by atoms with Crippen LogP contribution in [0.3, 0.4) is 0 Å². The van der Waals surface area contributed by atoms with Gasteiger partial charge in [-0.15, -0.1) is 22.7 Å². The van der Waals surface area contributed by atoms with Gasteiger partial charge in [-0.1, -0.05) is 30.3 Å². The molecule has 26 heavy (non-hydrogen) atoms. The third-order valence-electron chi connectivity index (χ3n) is 3.63. The number of thiophene rings is 2. The van der Waals surface area contributed by atoms with Gasteiger partial charge >= 0.3 is 0 Å². The molecule has 1 amide bonds. The molecular formula is C19H14N4OS2. The van der Waals surface area contributed by atoms with Gasteiger partial charge in [-0.3, -0.25) is 4.79 Å². The Hall–Kier alpha value is -3.03. The Balaban J connectivity index is 1.63. The molecule has 0 aliphatic carbocycles. The van der Waals surface area contributed by atoms with Crippen LogP contribution in [0.5, 0.6) is 0 Å². The van der Waals surface area contributed by atoms with Gasteiger partial charge in [0.1, 0.15) is 5.69 Å². The summed E-state index contributed by atoms with van der Waals surface area (Å²) in [6, 6.07) is 17.5. The molecule has 0 saturated carbocycles. The molecule has 3 aromatic heterocycles. The fraction of sp³-hybridized carbons (Fsp3) is 0. The smallest absolute Gasteiger partial charge is 0.266 e. The van der Waals surface area contributed by atoms with E-state index in [2.05, 4.69) is 10.5 Å². The van der Waals surface area contributed by atoms with Crippen molar-refractivity contribution >= 4 is 34.8 Å². The molecular weight excluding hydrogens is 364 g/mol. The molecule has 1 N–H and O–H groups in total. The van der Waals surface area contributed by atoms with Crippen molar-refractivity contribution in [1.82, 2.24) is 15.2 Å². The van der Waals surface area contributed by atoms with Crippen LogP contribution < -0.4 is 5.43 Å². The number of hydrazone groups is 1. The van der Waals surface area contributed by atoms with Crippen LogP contribution in [0.25, 0.3) is 16.3 Å². The number of aromatic nitrogens is 2. The molecule has 0 unspecified atom stereocenters. The second-order valence-electron chi connectivity index (χ2n) is 5.37. The van der Waals surface area contributed by atoms with Crippen LogP contribution in [0.2, 0.25) is 0 Å². The third-order valence-corrected chi connectivity index (χ3v) is 5.38. The van der Waals surface area contributed by atoms with Gasteiger partial charge < -0.3 is 0 Å². The van der Waals surface area contributed by atoms with Gasteiger partial charge in [0.25, 0.3) is 5.91 Å². The minimum atomic E-state index is -0.218. The summed E-state index contributed by atoms with van der Waals surface area (Å²) in [6.07, 6.45) is 3.54. The Kier molecular flexibility index (Phi) is 4.72. The molecule has 0 atom stereocenters. The zero-order chi connectivity index (χ0) is 17.8. The molecule has 4 aromatic rings. The topological polar surface area (TPSA) is 59.3 Å². The highest BCUT2D eigenvalue weighted by Crippen LogP contribution is 2.26. The van der Waals surface area contributed by atoms with Crippen LogP contribution in [0.4, 0.5) is 0 Å². The second kappa shape index (κ2) is 7.47. The standard InChI is InChI=1S/C19H14N4OS2/c24-19(17-9-5-11-26-17)21-20-12-14-13-23(15-6-2-1-3-7-15)22-18(14)16-8-4-10-25-16/h1-13H,(H,21,24). The van der Waals surface area contributed by atoms with Crippen molar-refractivity contribution in [1.29, 1.82) is 0 Å². The second-order valence-corrected chi connectivity index (χ2v) is 7.26. The van der Waals surface area contributed by atoms with E-state index in [0.29, 0.717) is 4.88 Å². The van der Waals surface area contributed by atoms with Crippen molar-refractivity contribution in [3.8, 4) is 16.3 Å². The lowest BCUT2D eigenvalue weighted by molar-refractivity contribution is 0.0959. The maximum absolute atomic E-state index is 12.0. The number of hydrogen-bond donors (Lipinski definition) is 1. The fourth-order valence-corrected chi connectivity index (χ4v) is 3.77. The first-order valence-electron chi connectivity index (χ1n) is 7.87. The van der Waals surface area contributed by atoms with Gasteiger partial charge in [-0.05, 0) is 35.0 Å². The Morgan fingerprint density at radius 1 is 1.04 bits per heavy atom. The number of benzene rings is 1. The largest absolute Gasteiger partial charge is 0.281 e. The molecule has 0 aliphatic rings. The summed E-state index contributed by atoms with van der Waals surface area (Å²) in [5.74, 6) is -0.218. The van der Waals surface area contributed by atoms with E-state index >= 15 is 0 Å². The maximum Gasteiger partial charge on any atom is 0.281 e. The monoisotopic (exact) mass is 378 g/mol. The first kappa shape index (κ1) is 16.4. The summed E-state index contributed by atoms with van der Waals surface area (Å²) in [5, 5.41) is 12.7. The minimum Gasteiger partial charge on any atom is -0.266 e. The molecule has 0 fully saturated rings. The van der Waals surface area contributed by atoms with Gasteiger partial charge in [-0.25, -0.2) is 10.1 Å². The highest BCUT2D eigenvalue weighted by molar-refractivity contribution is 7.13. The molecule has 5 nitrogen and oxygen atoms in total. The number of amides is 1. The minimum absolute atomic E-state index is 0.218. The zero-order valence-corrected chi connectivity index (χ0v) is 15.2. The zero-order valence-electron chi connectivity index (χ0n) is 13.6. The van der Waals surface area contributed by atoms with Crippen LogP contribution in [-0.2, 0) is 0 Å². The molecule has 0 aliphatic heterocycles. The van der Waals surface area contributed by atoms with Crippen LogP contribution in [0.1, 0.15) is 15.2 Å². The summed E-state index contributed by atoms with van der Waals surface area (Å²) >= 11 is 2.99. The van der Waals surface area contributed by atoms with E-state index in [-0.39, 0.29) is 5.91 Å². The molecule has 1 aromatic carbocycles. The molecule has 0 bridgehead atoms. The van der Waals surface area contributed by atoms with Gasteiger partial charge in [0.15, 0.2) is 0 Å². The predicted octanol–water partition coefficient (Wildman–Crippen LogP) is 4.43. The van der Waals surface area contributed by atoms with E-state index in [1.165, 1.54) is 11.3 Å². The van der Waals surface area contributed by atoms with Crippen molar-refractivity contribution in [2.24, 2.45) is 5.10 Å². The van der Waals surface area contributed by atoms with Crippen molar-refractivity contribution in [3.05, 3.63) is 82.0 Å². The van der Waals surface area contributed by atoms with Crippen LogP contribution >= 0.6 is 22.7 Å². The predicted molar refractivity (Wildman–Crippen MR) is 106 cm³/mol. The summed E-state index contributed by atoms with van der Waals surface area (Å²) in [7, 11) is 0. The summed E-state index contributed by atoms with van der Waals surface area (Å²) < 4.78 is 1.82. The summed E-state index contributed by atoms with van der Waals surface area (Å²) in [6.45, 7) is 0. The van der Waals surface area contributed by atoms with E-state index in [1.54, 1.807) is 23.6 Å². The van der Waals surface area contributed by atoms with E-state index in [9.17, 15) is 4.79 Å². The lowest BCUT2D eigenvalue weighted by atomic mass is 10.2. The third kappa shape index (κ3) is 3.49. The van der Waals surface area contributed by atoms with Crippen molar-refractivity contribution in [2.45, 2.75) is 0 Å². The molecule has 0 spiro atoms. The summed E-state index contributed by atoms with van der Waals surface area (Å²) in [5.41, 5.74) is 5.20. The van der Waals surface area contributed by atoms with Crippen molar-refractivity contribution in [2.75, 3.05) is 0 Å². The number of carbonyl (C=O) groups excluding carboxylic acids is 1. The average molecular weight is 378 g/mol. The van der Waals surface area contributed by atoms with Crippen molar-refractivity contribution in [3.63, 3.8) is 0 Å². The lowest BCUT2D eigenvalue weighted by Gasteiger charge is -1.98. The number of nitrogens with one attached hydrogen (secondary N) is 1. The SMILES string of the molecule is O=C(NN=Cc1cn(-c2ccccc2)nc1-c1cccs1)c1cccs1. The number of carbonyl (C=O) groups is 1. The number of rotatable bonds is 5. The quantitative estimate of drug-likeness (QED) is 0.413. The molecule has 4 rings (SSSR count). The normalized spacial score (nSPS) is 11.1. The van der Waals surface area contributed by atoms with Gasteiger partial charge in [0.05, 0.1) is 21.7 Å². The Morgan fingerprint density at radius 2 is 1.85 bits per heavy atom. The van der Waals surface area contributed by atoms with Gasteiger partial charge in [0, 0.05) is 11.8 Å². The maximum atomic E-state index is 12.0. The number of hydrogen-bond acceptors (Lipinski definition) is 5. The van der Waals surface area contributed by atoms with E-state index < -0.39 is 0 Å². The van der Waals surface area contributed by atoms with Crippen LogP contribution in [0, 0.1) is 0 Å².